The number of benzene rings is 1. The SMILES string of the molecule is COCOc1c(Br)cc(C2=C(NCCOS(C)(=O)=O)C(=O)c3c(c(C=O)cn3COC)C2=O)cc1Br. The lowest BCUT2D eigenvalue weighted by Crippen LogP contribution is -2.33. The van der Waals surface area contributed by atoms with Gasteiger partial charge in [-0.3, -0.25) is 18.6 Å². The van der Waals surface area contributed by atoms with E-state index in [0.717, 1.165) is 6.26 Å². The third kappa shape index (κ3) is 5.95. The summed E-state index contributed by atoms with van der Waals surface area (Å²) in [4.78, 5) is 39.2. The Morgan fingerprint density at radius 2 is 1.75 bits per heavy atom. The van der Waals surface area contributed by atoms with Crippen LogP contribution in [0, 0.1) is 0 Å². The summed E-state index contributed by atoms with van der Waals surface area (Å²) in [5.41, 5.74) is 0.219. The number of nitrogens with zero attached hydrogens (tertiary/aromatic N) is 1. The maximum Gasteiger partial charge on any atom is 0.264 e. The quantitative estimate of drug-likeness (QED) is 0.158. The summed E-state index contributed by atoms with van der Waals surface area (Å²) in [5.74, 6) is -0.735. The fraction of sp³-hybridized carbons (Fsp3) is 0.318. The monoisotopic (exact) mass is 648 g/mol. The summed E-state index contributed by atoms with van der Waals surface area (Å²) < 4.78 is 45.3. The molecule has 0 bridgehead atoms. The number of fused-ring (bicyclic) bond motifs is 1. The molecule has 0 unspecified atom stereocenters. The van der Waals surface area contributed by atoms with Crippen LogP contribution in [0.5, 0.6) is 5.75 Å². The Hall–Kier alpha value is -2.36. The highest BCUT2D eigenvalue weighted by Gasteiger charge is 2.38. The van der Waals surface area contributed by atoms with Crippen LogP contribution >= 0.6 is 31.9 Å². The molecule has 0 atom stereocenters. The maximum absolute atomic E-state index is 13.8. The number of Topliss-reactive ketones (excluding diaryl/α,β-unsaturated/α-hetero) is 2. The van der Waals surface area contributed by atoms with Crippen molar-refractivity contribution in [2.75, 3.05) is 40.4 Å². The van der Waals surface area contributed by atoms with Crippen LogP contribution in [-0.2, 0) is 30.5 Å². The molecule has 0 amide bonds. The van der Waals surface area contributed by atoms with Gasteiger partial charge in [-0.1, -0.05) is 0 Å². The van der Waals surface area contributed by atoms with E-state index in [0.29, 0.717) is 26.5 Å². The van der Waals surface area contributed by atoms with Gasteiger partial charge < -0.3 is 24.1 Å². The van der Waals surface area contributed by atoms with Crippen molar-refractivity contribution in [2.24, 2.45) is 0 Å². The lowest BCUT2D eigenvalue weighted by atomic mass is 9.86. The van der Waals surface area contributed by atoms with E-state index in [2.05, 4.69) is 37.2 Å². The lowest BCUT2D eigenvalue weighted by Gasteiger charge is -2.23. The van der Waals surface area contributed by atoms with E-state index < -0.39 is 21.7 Å². The van der Waals surface area contributed by atoms with E-state index in [-0.39, 0.29) is 54.8 Å². The van der Waals surface area contributed by atoms with Gasteiger partial charge in [0.25, 0.3) is 10.1 Å². The first-order chi connectivity index (χ1) is 17.0. The zero-order chi connectivity index (χ0) is 26.6. The first-order valence-electron chi connectivity index (χ1n) is 10.2. The van der Waals surface area contributed by atoms with E-state index in [9.17, 15) is 22.8 Å². The van der Waals surface area contributed by atoms with Crippen molar-refractivity contribution < 1.29 is 41.2 Å². The van der Waals surface area contributed by atoms with Crippen molar-refractivity contribution in [3.05, 3.63) is 55.4 Å². The number of rotatable bonds is 12. The van der Waals surface area contributed by atoms with E-state index in [4.69, 9.17) is 18.4 Å². The van der Waals surface area contributed by atoms with Gasteiger partial charge in [-0.05, 0) is 49.6 Å². The van der Waals surface area contributed by atoms with Gasteiger partial charge in [0.05, 0.1) is 38.6 Å². The van der Waals surface area contributed by atoms with Crippen molar-refractivity contribution in [1.29, 1.82) is 0 Å². The largest absolute Gasteiger partial charge is 0.465 e. The topological polar surface area (TPSA) is 139 Å². The van der Waals surface area contributed by atoms with Crippen LogP contribution in [0.3, 0.4) is 0 Å². The molecule has 36 heavy (non-hydrogen) atoms. The molecular weight excluding hydrogens is 628 g/mol. The Bertz CT molecular complexity index is 1330. The number of carbonyl (C=O) groups is 3. The highest BCUT2D eigenvalue weighted by atomic mass is 79.9. The lowest BCUT2D eigenvalue weighted by molar-refractivity contribution is 0.0500. The molecule has 14 heteroatoms. The number of ketones is 2. The molecule has 1 aliphatic rings. The number of aldehydes is 1. The van der Waals surface area contributed by atoms with Crippen molar-refractivity contribution in [2.45, 2.75) is 6.73 Å². The third-order valence-electron chi connectivity index (χ3n) is 4.96. The number of carbonyl (C=O) groups excluding carboxylic acids is 3. The number of ether oxygens (including phenoxy) is 3. The molecule has 0 fully saturated rings. The fourth-order valence-electron chi connectivity index (χ4n) is 3.63. The molecule has 1 aliphatic carbocycles. The minimum Gasteiger partial charge on any atom is -0.465 e. The van der Waals surface area contributed by atoms with Gasteiger partial charge in [0.2, 0.25) is 5.78 Å². The highest BCUT2D eigenvalue weighted by molar-refractivity contribution is 9.11. The summed E-state index contributed by atoms with van der Waals surface area (Å²) in [6.45, 7) is -0.469. The molecule has 194 valence electrons. The van der Waals surface area contributed by atoms with Gasteiger partial charge >= 0.3 is 0 Å². The average Bonchev–Trinajstić information content (AvgIpc) is 3.17. The standard InChI is InChI=1S/C22H22Br2N2O9S/c1-32-10-26-8-13(9-27)17-19(26)21(29)18(25-4-5-35-36(3,30)31)16(20(17)28)12-6-14(23)22(15(24)7-12)34-11-33-2/h6-9,25H,4-5,10-11H2,1-3H3. The highest BCUT2D eigenvalue weighted by Crippen LogP contribution is 2.40. The fourth-order valence-corrected chi connectivity index (χ4v) is 5.44. The molecular formula is C22H22Br2N2O9S. The van der Waals surface area contributed by atoms with Crippen molar-refractivity contribution >= 4 is 65.4 Å². The molecule has 0 saturated carbocycles. The maximum atomic E-state index is 13.8. The van der Waals surface area contributed by atoms with Crippen LogP contribution in [-0.4, -0.2) is 71.3 Å². The summed E-state index contributed by atoms with van der Waals surface area (Å²) in [7, 11) is -0.829. The number of halogens is 2. The second kappa shape index (κ2) is 11.8. The Morgan fingerprint density at radius 1 is 1.08 bits per heavy atom. The van der Waals surface area contributed by atoms with Gasteiger partial charge in [-0.15, -0.1) is 0 Å². The molecule has 0 aliphatic heterocycles. The van der Waals surface area contributed by atoms with E-state index >= 15 is 0 Å². The van der Waals surface area contributed by atoms with Crippen LogP contribution < -0.4 is 10.1 Å². The summed E-state index contributed by atoms with van der Waals surface area (Å²) in [6.07, 6.45) is 2.78. The number of nitrogens with one attached hydrogen (secondary N) is 1. The second-order valence-corrected chi connectivity index (χ2v) is 10.8. The molecule has 2 aromatic rings. The summed E-state index contributed by atoms with van der Waals surface area (Å²) in [5, 5.41) is 2.84. The van der Waals surface area contributed by atoms with Gasteiger partial charge in [0, 0.05) is 32.5 Å². The molecule has 1 aromatic heterocycles. The molecule has 0 spiro atoms. The molecule has 11 nitrogen and oxygen atoms in total. The van der Waals surface area contributed by atoms with Crippen molar-refractivity contribution in [3.8, 4) is 5.75 Å². The normalized spacial score (nSPS) is 13.7. The minimum absolute atomic E-state index is 0.00943. The number of aromatic nitrogens is 1. The predicted octanol–water partition coefficient (Wildman–Crippen LogP) is 2.77. The van der Waals surface area contributed by atoms with Gasteiger partial charge in [0.15, 0.2) is 24.6 Å². The van der Waals surface area contributed by atoms with Crippen LogP contribution in [0.25, 0.3) is 5.57 Å². The summed E-state index contributed by atoms with van der Waals surface area (Å²) >= 11 is 6.81. The Balaban J connectivity index is 2.16. The first-order valence-corrected chi connectivity index (χ1v) is 13.6. The van der Waals surface area contributed by atoms with E-state index in [1.165, 1.54) is 25.0 Å². The summed E-state index contributed by atoms with van der Waals surface area (Å²) in [6, 6.07) is 3.17. The van der Waals surface area contributed by atoms with E-state index in [1.807, 2.05) is 0 Å². The van der Waals surface area contributed by atoms with Gasteiger partial charge in [-0.25, -0.2) is 0 Å². The van der Waals surface area contributed by atoms with Crippen LogP contribution in [0.15, 0.2) is 33.0 Å². The molecule has 3 rings (SSSR count). The van der Waals surface area contributed by atoms with Crippen molar-refractivity contribution in [3.63, 3.8) is 0 Å². The third-order valence-corrected chi connectivity index (χ3v) is 6.73. The Kier molecular flexibility index (Phi) is 9.24. The zero-order valence-corrected chi connectivity index (χ0v) is 23.4. The van der Waals surface area contributed by atoms with Crippen LogP contribution in [0.4, 0.5) is 0 Å². The minimum atomic E-state index is -3.71. The first kappa shape index (κ1) is 28.2. The zero-order valence-electron chi connectivity index (χ0n) is 19.4. The second-order valence-electron chi connectivity index (χ2n) is 7.49. The average molecular weight is 650 g/mol. The number of methoxy groups -OCH3 is 2. The predicted molar refractivity (Wildman–Crippen MR) is 136 cm³/mol. The number of allylic oxidation sites excluding steroid dienone is 2. The number of hydrogen-bond acceptors (Lipinski definition) is 10. The van der Waals surface area contributed by atoms with Crippen LogP contribution in [0.1, 0.15) is 36.8 Å². The molecule has 1 N–H and O–H groups in total. The Morgan fingerprint density at radius 3 is 2.31 bits per heavy atom. The van der Waals surface area contributed by atoms with Crippen molar-refractivity contribution in [1.82, 2.24) is 9.88 Å². The smallest absolute Gasteiger partial charge is 0.264 e. The molecule has 1 aromatic carbocycles. The van der Waals surface area contributed by atoms with Crippen LogP contribution in [0.2, 0.25) is 0 Å². The molecule has 1 heterocycles. The molecule has 0 radical (unpaired) electrons. The Labute approximate surface area is 224 Å². The molecule has 0 saturated heterocycles. The van der Waals surface area contributed by atoms with E-state index in [1.54, 1.807) is 12.1 Å². The van der Waals surface area contributed by atoms with Gasteiger partial charge in [-0.2, -0.15) is 8.42 Å². The van der Waals surface area contributed by atoms with Gasteiger partial charge in [0.1, 0.15) is 12.4 Å². The number of hydrogen-bond donors (Lipinski definition) is 1.